The van der Waals surface area contributed by atoms with Crippen LogP contribution in [0.5, 0.6) is 0 Å². The number of hydrogen-bond donors (Lipinski definition) is 0. The fourth-order valence-electron chi connectivity index (χ4n) is 3.70. The smallest absolute Gasteiger partial charge is 0.339 e. The van der Waals surface area contributed by atoms with Crippen molar-refractivity contribution in [3.8, 4) is 0 Å². The Balaban J connectivity index is 1.52. The van der Waals surface area contributed by atoms with Crippen molar-refractivity contribution in [2.24, 2.45) is 0 Å². The van der Waals surface area contributed by atoms with E-state index in [-0.39, 0.29) is 25.5 Å². The third kappa shape index (κ3) is 5.24. The van der Waals surface area contributed by atoms with Gasteiger partial charge < -0.3 is 14.7 Å². The van der Waals surface area contributed by atoms with Crippen LogP contribution in [0.3, 0.4) is 0 Å². The molecule has 2 amide bonds. The molecule has 160 valence electrons. The van der Waals surface area contributed by atoms with E-state index < -0.39 is 23.2 Å². The van der Waals surface area contributed by atoms with E-state index in [9.17, 15) is 22.8 Å². The molecule has 1 aromatic rings. The van der Waals surface area contributed by atoms with Gasteiger partial charge in [-0.05, 0) is 12.6 Å². The predicted molar refractivity (Wildman–Crippen MR) is 100 cm³/mol. The van der Waals surface area contributed by atoms with Gasteiger partial charge in [0.25, 0.3) is 5.91 Å². The summed E-state index contributed by atoms with van der Waals surface area (Å²) in [5, 5.41) is 0. The number of hydrogen-bond acceptors (Lipinski definition) is 5. The molecule has 2 saturated heterocycles. The average Bonchev–Trinajstić information content (AvgIpc) is 2.73. The Morgan fingerprint density at radius 2 is 1.55 bits per heavy atom. The number of amides is 2. The van der Waals surface area contributed by atoms with Crippen LogP contribution in [0, 0.1) is 0 Å². The lowest BCUT2D eigenvalue weighted by Crippen LogP contribution is -2.54. The van der Waals surface area contributed by atoms with E-state index >= 15 is 0 Å². The molecule has 2 fully saturated rings. The molecule has 0 aromatic carbocycles. The van der Waals surface area contributed by atoms with Gasteiger partial charge in [-0.3, -0.25) is 19.5 Å². The lowest BCUT2D eigenvalue weighted by Gasteiger charge is -2.37. The van der Waals surface area contributed by atoms with E-state index in [4.69, 9.17) is 0 Å². The first-order chi connectivity index (χ1) is 13.8. The molecule has 7 nitrogen and oxygen atoms in total. The van der Waals surface area contributed by atoms with Gasteiger partial charge in [-0.2, -0.15) is 13.2 Å². The molecule has 0 spiro atoms. The van der Waals surface area contributed by atoms with Crippen molar-refractivity contribution >= 4 is 11.8 Å². The van der Waals surface area contributed by atoms with Crippen LogP contribution in [0.4, 0.5) is 13.2 Å². The Hall–Kier alpha value is -2.20. The maximum Gasteiger partial charge on any atom is 0.417 e. The molecule has 2 aliphatic heterocycles. The Morgan fingerprint density at radius 1 is 0.966 bits per heavy atom. The number of piperazine rings is 2. The first-order valence-corrected chi connectivity index (χ1v) is 9.82. The van der Waals surface area contributed by atoms with Gasteiger partial charge in [-0.15, -0.1) is 0 Å². The minimum Gasteiger partial charge on any atom is -0.339 e. The van der Waals surface area contributed by atoms with Crippen molar-refractivity contribution in [3.63, 3.8) is 0 Å². The SMILES string of the molecule is CCN1CCN(C(=O)CN2CCN(C(=O)c3cnccc3C(F)(F)F)CC2)CC1. The second-order valence-electron chi connectivity index (χ2n) is 7.30. The van der Waals surface area contributed by atoms with E-state index in [0.29, 0.717) is 26.2 Å². The molecule has 0 bridgehead atoms. The lowest BCUT2D eigenvalue weighted by molar-refractivity contribution is -0.138. The number of nitrogens with zero attached hydrogens (tertiary/aromatic N) is 5. The molecule has 0 N–H and O–H groups in total. The van der Waals surface area contributed by atoms with Crippen molar-refractivity contribution in [2.45, 2.75) is 13.1 Å². The van der Waals surface area contributed by atoms with Crippen LogP contribution in [0.15, 0.2) is 18.5 Å². The third-order valence-corrected chi connectivity index (χ3v) is 5.55. The summed E-state index contributed by atoms with van der Waals surface area (Å²) in [5.74, 6) is -0.612. The van der Waals surface area contributed by atoms with Crippen LogP contribution < -0.4 is 0 Å². The fourth-order valence-corrected chi connectivity index (χ4v) is 3.70. The number of rotatable bonds is 4. The van der Waals surface area contributed by atoms with Crippen molar-refractivity contribution in [3.05, 3.63) is 29.6 Å². The zero-order valence-corrected chi connectivity index (χ0v) is 16.5. The number of pyridine rings is 1. The number of likely N-dealkylation sites (N-methyl/N-ethyl adjacent to an activating group) is 1. The summed E-state index contributed by atoms with van der Waals surface area (Å²) in [6.07, 6.45) is -2.61. The number of aromatic nitrogens is 1. The van der Waals surface area contributed by atoms with Gasteiger partial charge in [0.15, 0.2) is 0 Å². The summed E-state index contributed by atoms with van der Waals surface area (Å²) in [5.41, 5.74) is -1.40. The van der Waals surface area contributed by atoms with Crippen molar-refractivity contribution in [1.29, 1.82) is 0 Å². The highest BCUT2D eigenvalue weighted by molar-refractivity contribution is 5.95. The number of carbonyl (C=O) groups excluding carboxylic acids is 2. The molecule has 2 aliphatic rings. The maximum absolute atomic E-state index is 13.2. The maximum atomic E-state index is 13.2. The van der Waals surface area contributed by atoms with Gasteiger partial charge in [-0.1, -0.05) is 6.92 Å². The highest BCUT2D eigenvalue weighted by atomic mass is 19.4. The summed E-state index contributed by atoms with van der Waals surface area (Å²) in [4.78, 5) is 36.3. The summed E-state index contributed by atoms with van der Waals surface area (Å²) in [7, 11) is 0. The Kier molecular flexibility index (Phi) is 6.74. The van der Waals surface area contributed by atoms with Gasteiger partial charge in [0.2, 0.25) is 5.91 Å². The van der Waals surface area contributed by atoms with Crippen LogP contribution in [-0.2, 0) is 11.0 Å². The predicted octanol–water partition coefficient (Wildman–Crippen LogP) is 1.02. The number of alkyl halides is 3. The third-order valence-electron chi connectivity index (χ3n) is 5.55. The molecular formula is C19H26F3N5O2. The standard InChI is InChI=1S/C19H26F3N5O2/c1-2-24-5-9-26(10-6-24)17(28)14-25-7-11-27(12-8-25)18(29)15-13-23-4-3-16(15)19(20,21)22/h3-4,13H,2,5-12,14H2,1H3. The topological polar surface area (TPSA) is 60.0 Å². The van der Waals surface area contributed by atoms with Crippen LogP contribution in [0.1, 0.15) is 22.8 Å². The molecule has 0 aliphatic carbocycles. The van der Waals surface area contributed by atoms with Crippen LogP contribution in [0.25, 0.3) is 0 Å². The van der Waals surface area contributed by atoms with E-state index in [0.717, 1.165) is 38.1 Å². The van der Waals surface area contributed by atoms with E-state index in [1.807, 2.05) is 9.80 Å². The first-order valence-electron chi connectivity index (χ1n) is 9.82. The Labute approximate surface area is 168 Å². The quantitative estimate of drug-likeness (QED) is 0.738. The lowest BCUT2D eigenvalue weighted by atomic mass is 10.1. The Morgan fingerprint density at radius 3 is 2.14 bits per heavy atom. The summed E-state index contributed by atoms with van der Waals surface area (Å²) in [6, 6.07) is 0.820. The average molecular weight is 413 g/mol. The molecule has 0 saturated carbocycles. The van der Waals surface area contributed by atoms with Crippen molar-refractivity contribution < 1.29 is 22.8 Å². The van der Waals surface area contributed by atoms with Gasteiger partial charge in [0.1, 0.15) is 0 Å². The zero-order valence-electron chi connectivity index (χ0n) is 16.5. The molecule has 0 unspecified atom stereocenters. The van der Waals surface area contributed by atoms with Gasteiger partial charge in [0, 0.05) is 64.8 Å². The van der Waals surface area contributed by atoms with E-state index in [1.165, 1.54) is 4.90 Å². The molecule has 0 radical (unpaired) electrons. The van der Waals surface area contributed by atoms with Gasteiger partial charge >= 0.3 is 6.18 Å². The highest BCUT2D eigenvalue weighted by Crippen LogP contribution is 2.32. The summed E-state index contributed by atoms with van der Waals surface area (Å²) >= 11 is 0. The van der Waals surface area contributed by atoms with Crippen LogP contribution in [-0.4, -0.2) is 102 Å². The summed E-state index contributed by atoms with van der Waals surface area (Å²) < 4.78 is 39.5. The molecule has 3 heterocycles. The molecular weight excluding hydrogens is 387 g/mol. The molecule has 3 rings (SSSR count). The monoisotopic (exact) mass is 413 g/mol. The number of halogens is 3. The Bertz CT molecular complexity index is 727. The van der Waals surface area contributed by atoms with Crippen molar-refractivity contribution in [1.82, 2.24) is 24.6 Å². The fraction of sp³-hybridized carbons (Fsp3) is 0.632. The van der Waals surface area contributed by atoms with Gasteiger partial charge in [0.05, 0.1) is 17.7 Å². The van der Waals surface area contributed by atoms with E-state index in [1.54, 1.807) is 0 Å². The van der Waals surface area contributed by atoms with Crippen LogP contribution in [0.2, 0.25) is 0 Å². The van der Waals surface area contributed by atoms with Gasteiger partial charge in [-0.25, -0.2) is 0 Å². The van der Waals surface area contributed by atoms with E-state index in [2.05, 4.69) is 16.8 Å². The number of carbonyl (C=O) groups is 2. The zero-order chi connectivity index (χ0) is 21.0. The van der Waals surface area contributed by atoms with Crippen LogP contribution >= 0.6 is 0 Å². The second kappa shape index (κ2) is 9.08. The first kappa shape index (κ1) is 21.5. The molecule has 1 aromatic heterocycles. The normalized spacial score (nSPS) is 19.4. The minimum absolute atomic E-state index is 0.0622. The molecule has 0 atom stereocenters. The molecule has 10 heteroatoms. The molecule has 29 heavy (non-hydrogen) atoms. The largest absolute Gasteiger partial charge is 0.417 e. The minimum atomic E-state index is -4.61. The highest BCUT2D eigenvalue weighted by Gasteiger charge is 2.37. The summed E-state index contributed by atoms with van der Waals surface area (Å²) in [6.45, 7) is 7.99. The second-order valence-corrected chi connectivity index (χ2v) is 7.30. The van der Waals surface area contributed by atoms with Crippen molar-refractivity contribution in [2.75, 3.05) is 65.4 Å².